The third kappa shape index (κ3) is 7.23. The summed E-state index contributed by atoms with van der Waals surface area (Å²) in [7, 11) is 0. The zero-order valence-corrected chi connectivity index (χ0v) is 19.9. The smallest absolute Gasteiger partial charge is 0.407 e. The van der Waals surface area contributed by atoms with E-state index in [1.54, 1.807) is 4.90 Å². The van der Waals surface area contributed by atoms with Crippen molar-refractivity contribution in [1.29, 1.82) is 0 Å². The highest BCUT2D eigenvalue weighted by atomic mass is 16.6. The van der Waals surface area contributed by atoms with Gasteiger partial charge in [-0.1, -0.05) is 36.4 Å². The van der Waals surface area contributed by atoms with Gasteiger partial charge in [-0.2, -0.15) is 0 Å². The van der Waals surface area contributed by atoms with E-state index in [0.29, 0.717) is 38.3 Å². The standard InChI is InChI=1S/C26H32N2O6/c1-26(2,3)34-25(32)27-12-7-13-33-21-11-10-19-14-20(15-23(29)30)24(31)28(22(19)16-21)17-18-8-5-4-6-9-18/h4-6,8-11,16,20H,7,12-15,17H2,1-3H3,(H,27,32)(H,29,30). The number of carboxylic acids is 1. The molecule has 34 heavy (non-hydrogen) atoms. The molecular formula is C26H32N2O6. The third-order valence-electron chi connectivity index (χ3n) is 5.29. The second-order valence-corrected chi connectivity index (χ2v) is 9.33. The number of amides is 2. The van der Waals surface area contributed by atoms with E-state index in [9.17, 15) is 19.5 Å². The molecule has 182 valence electrons. The number of carbonyl (C=O) groups is 3. The minimum absolute atomic E-state index is 0.197. The highest BCUT2D eigenvalue weighted by Gasteiger charge is 2.34. The summed E-state index contributed by atoms with van der Waals surface area (Å²) < 4.78 is 11.1. The van der Waals surface area contributed by atoms with Crippen LogP contribution in [0.5, 0.6) is 5.75 Å². The van der Waals surface area contributed by atoms with Crippen molar-refractivity contribution < 1.29 is 29.0 Å². The van der Waals surface area contributed by atoms with Crippen LogP contribution < -0.4 is 15.0 Å². The normalized spacial score (nSPS) is 15.4. The first-order chi connectivity index (χ1) is 16.1. The number of alkyl carbamates (subject to hydrolysis) is 1. The van der Waals surface area contributed by atoms with Crippen LogP contribution in [0.3, 0.4) is 0 Å². The van der Waals surface area contributed by atoms with Crippen LogP contribution in [-0.4, -0.2) is 41.8 Å². The molecule has 3 rings (SSSR count). The van der Waals surface area contributed by atoms with Crippen LogP contribution in [0.2, 0.25) is 0 Å². The van der Waals surface area contributed by atoms with Gasteiger partial charge in [-0.25, -0.2) is 4.79 Å². The van der Waals surface area contributed by atoms with Crippen LogP contribution in [0.4, 0.5) is 10.5 Å². The number of nitrogens with one attached hydrogen (secondary N) is 1. The second-order valence-electron chi connectivity index (χ2n) is 9.33. The molecule has 0 saturated carbocycles. The van der Waals surface area contributed by atoms with Crippen LogP contribution in [0, 0.1) is 5.92 Å². The lowest BCUT2D eigenvalue weighted by Gasteiger charge is -2.34. The lowest BCUT2D eigenvalue weighted by molar-refractivity contribution is -0.140. The number of fused-ring (bicyclic) bond motifs is 1. The van der Waals surface area contributed by atoms with E-state index < -0.39 is 23.6 Å². The summed E-state index contributed by atoms with van der Waals surface area (Å²) in [4.78, 5) is 37.8. The largest absolute Gasteiger partial charge is 0.493 e. The van der Waals surface area contributed by atoms with Crippen molar-refractivity contribution >= 4 is 23.7 Å². The highest BCUT2D eigenvalue weighted by molar-refractivity contribution is 5.99. The fourth-order valence-corrected chi connectivity index (χ4v) is 3.82. The van der Waals surface area contributed by atoms with Crippen molar-refractivity contribution in [1.82, 2.24) is 5.32 Å². The summed E-state index contributed by atoms with van der Waals surface area (Å²) in [5.41, 5.74) is 2.06. The van der Waals surface area contributed by atoms with Gasteiger partial charge in [0.05, 0.1) is 31.2 Å². The summed E-state index contributed by atoms with van der Waals surface area (Å²) in [6, 6.07) is 15.1. The van der Waals surface area contributed by atoms with Gasteiger partial charge in [0, 0.05) is 12.6 Å². The predicted molar refractivity (Wildman–Crippen MR) is 128 cm³/mol. The highest BCUT2D eigenvalue weighted by Crippen LogP contribution is 2.36. The third-order valence-corrected chi connectivity index (χ3v) is 5.29. The van der Waals surface area contributed by atoms with Gasteiger partial charge in [-0.15, -0.1) is 0 Å². The lowest BCUT2D eigenvalue weighted by atomic mass is 9.89. The van der Waals surface area contributed by atoms with Gasteiger partial charge in [0.25, 0.3) is 0 Å². The van der Waals surface area contributed by atoms with Gasteiger partial charge in [0.15, 0.2) is 0 Å². The molecule has 0 fully saturated rings. The molecule has 8 nitrogen and oxygen atoms in total. The lowest BCUT2D eigenvalue weighted by Crippen LogP contribution is -2.41. The van der Waals surface area contributed by atoms with Crippen LogP contribution in [0.1, 0.15) is 44.7 Å². The fraction of sp³-hybridized carbons (Fsp3) is 0.423. The molecule has 0 radical (unpaired) electrons. The van der Waals surface area contributed by atoms with Gasteiger partial charge in [0.1, 0.15) is 11.4 Å². The minimum atomic E-state index is -0.985. The van der Waals surface area contributed by atoms with Gasteiger partial charge in [0.2, 0.25) is 5.91 Å². The number of ether oxygens (including phenoxy) is 2. The van der Waals surface area contributed by atoms with E-state index in [1.165, 1.54) is 0 Å². The maximum Gasteiger partial charge on any atom is 0.407 e. The molecule has 2 amide bonds. The van der Waals surface area contributed by atoms with Crippen LogP contribution in [0.25, 0.3) is 0 Å². The van der Waals surface area contributed by atoms with Gasteiger partial charge in [-0.3, -0.25) is 9.59 Å². The molecule has 1 heterocycles. The summed E-state index contributed by atoms with van der Waals surface area (Å²) >= 11 is 0. The average Bonchev–Trinajstić information content (AvgIpc) is 2.76. The van der Waals surface area contributed by atoms with Crippen molar-refractivity contribution in [3.63, 3.8) is 0 Å². The number of hydrogen-bond acceptors (Lipinski definition) is 5. The van der Waals surface area contributed by atoms with E-state index in [-0.39, 0.29) is 12.3 Å². The van der Waals surface area contributed by atoms with E-state index >= 15 is 0 Å². The quantitative estimate of drug-likeness (QED) is 0.536. The monoisotopic (exact) mass is 468 g/mol. The zero-order valence-electron chi connectivity index (χ0n) is 19.9. The van der Waals surface area contributed by atoms with Crippen molar-refractivity contribution in [3.05, 3.63) is 59.7 Å². The Morgan fingerprint density at radius 1 is 1.15 bits per heavy atom. The molecule has 2 aromatic carbocycles. The summed E-state index contributed by atoms with van der Waals surface area (Å²) in [5.74, 6) is -1.17. The predicted octanol–water partition coefficient (Wildman–Crippen LogP) is 4.16. The molecule has 0 bridgehead atoms. The molecule has 1 atom stereocenters. The molecule has 0 aromatic heterocycles. The number of carboxylic acid groups (broad SMARTS) is 1. The number of aliphatic carboxylic acids is 1. The number of hydrogen-bond donors (Lipinski definition) is 2. The molecule has 0 aliphatic carbocycles. The molecule has 1 aliphatic heterocycles. The van der Waals surface area contributed by atoms with Gasteiger partial charge >= 0.3 is 12.1 Å². The van der Waals surface area contributed by atoms with Crippen molar-refractivity contribution in [2.24, 2.45) is 5.92 Å². The topological polar surface area (TPSA) is 105 Å². The summed E-state index contributed by atoms with van der Waals surface area (Å²) in [6.07, 6.45) is 0.300. The van der Waals surface area contributed by atoms with Gasteiger partial charge < -0.3 is 24.8 Å². The summed E-state index contributed by atoms with van der Waals surface area (Å²) in [5, 5.41) is 12.0. The Balaban J connectivity index is 1.66. The first kappa shape index (κ1) is 25.1. The average molecular weight is 469 g/mol. The molecule has 1 aliphatic rings. The van der Waals surface area contributed by atoms with Crippen molar-refractivity contribution in [2.75, 3.05) is 18.1 Å². The van der Waals surface area contributed by atoms with E-state index in [4.69, 9.17) is 9.47 Å². The van der Waals surface area contributed by atoms with Gasteiger partial charge in [-0.05, 0) is 50.8 Å². The Morgan fingerprint density at radius 3 is 2.56 bits per heavy atom. The molecule has 8 heteroatoms. The maximum atomic E-state index is 13.2. The number of benzene rings is 2. The van der Waals surface area contributed by atoms with E-state index in [0.717, 1.165) is 16.8 Å². The Morgan fingerprint density at radius 2 is 1.88 bits per heavy atom. The number of nitrogens with zero attached hydrogens (tertiary/aromatic N) is 1. The number of rotatable bonds is 9. The Hall–Kier alpha value is -3.55. The Labute approximate surface area is 199 Å². The van der Waals surface area contributed by atoms with E-state index in [1.807, 2.05) is 69.3 Å². The SMILES string of the molecule is CC(C)(C)OC(=O)NCCCOc1ccc2c(c1)N(Cc1ccccc1)C(=O)C(CC(=O)O)C2. The molecule has 0 saturated heterocycles. The maximum absolute atomic E-state index is 13.2. The number of anilines is 1. The molecular weight excluding hydrogens is 436 g/mol. The van der Waals surface area contributed by atoms with Crippen LogP contribution >= 0.6 is 0 Å². The van der Waals surface area contributed by atoms with Crippen LogP contribution in [-0.2, 0) is 27.3 Å². The van der Waals surface area contributed by atoms with Crippen molar-refractivity contribution in [3.8, 4) is 5.75 Å². The molecule has 1 unspecified atom stereocenters. The fourth-order valence-electron chi connectivity index (χ4n) is 3.82. The summed E-state index contributed by atoms with van der Waals surface area (Å²) in [6.45, 7) is 6.56. The first-order valence-electron chi connectivity index (χ1n) is 11.4. The Kier molecular flexibility index (Phi) is 8.15. The molecule has 2 aromatic rings. The molecule has 2 N–H and O–H groups in total. The minimum Gasteiger partial charge on any atom is -0.493 e. The van der Waals surface area contributed by atoms with E-state index in [2.05, 4.69) is 5.32 Å². The first-order valence-corrected chi connectivity index (χ1v) is 11.4. The zero-order chi connectivity index (χ0) is 24.7. The second kappa shape index (κ2) is 11.0. The molecule has 0 spiro atoms. The number of carbonyl (C=O) groups excluding carboxylic acids is 2. The Bertz CT molecular complexity index is 1020. The van der Waals surface area contributed by atoms with Crippen molar-refractivity contribution in [2.45, 2.75) is 52.2 Å². The van der Waals surface area contributed by atoms with Crippen LogP contribution in [0.15, 0.2) is 48.5 Å².